The van der Waals surface area contributed by atoms with Crippen molar-refractivity contribution in [3.63, 3.8) is 0 Å². The summed E-state index contributed by atoms with van der Waals surface area (Å²) in [6.07, 6.45) is 1.39. The summed E-state index contributed by atoms with van der Waals surface area (Å²) in [6, 6.07) is 8.49. The summed E-state index contributed by atoms with van der Waals surface area (Å²) >= 11 is 5.87. The number of aromatic amines is 1. The van der Waals surface area contributed by atoms with E-state index in [2.05, 4.69) is 4.98 Å². The second-order valence-electron chi connectivity index (χ2n) is 5.99. The predicted molar refractivity (Wildman–Crippen MR) is 96.9 cm³/mol. The maximum atomic E-state index is 12.6. The third-order valence-electron chi connectivity index (χ3n) is 4.14. The second-order valence-corrected chi connectivity index (χ2v) is 8.08. The number of para-hydroxylation sites is 1. The Hall–Kier alpha value is -2.88. The van der Waals surface area contributed by atoms with Gasteiger partial charge in [-0.25, -0.2) is 13.1 Å². The summed E-state index contributed by atoms with van der Waals surface area (Å²) < 4.78 is 27.3. The van der Waals surface area contributed by atoms with Crippen LogP contribution in [0.5, 0.6) is 0 Å². The first-order valence-corrected chi connectivity index (χ1v) is 9.84. The van der Waals surface area contributed by atoms with Crippen LogP contribution in [0.3, 0.4) is 0 Å². The van der Waals surface area contributed by atoms with E-state index in [9.17, 15) is 28.2 Å². The predicted octanol–water partition coefficient (Wildman–Crippen LogP) is -0.176. The van der Waals surface area contributed by atoms with Crippen molar-refractivity contribution in [1.29, 1.82) is 0 Å². The molecule has 0 spiro atoms. The number of sulfonamides is 1. The quantitative estimate of drug-likeness (QED) is 0.543. The zero-order valence-electron chi connectivity index (χ0n) is 14.1. The van der Waals surface area contributed by atoms with Crippen molar-refractivity contribution >= 4 is 44.5 Å². The number of aromatic carboxylic acids is 1. The molecule has 28 heavy (non-hydrogen) atoms. The molecule has 0 amide bonds. The first-order valence-electron chi connectivity index (χ1n) is 7.98. The molecule has 1 heterocycles. The van der Waals surface area contributed by atoms with Crippen LogP contribution in [0.25, 0.3) is 10.9 Å². The highest BCUT2D eigenvalue weighted by Crippen LogP contribution is 2.24. The second kappa shape index (κ2) is 7.63. The van der Waals surface area contributed by atoms with E-state index in [0.29, 0.717) is 5.56 Å². The van der Waals surface area contributed by atoms with Gasteiger partial charge in [-0.15, -0.1) is 0 Å². The molecule has 146 valence electrons. The molecule has 0 aliphatic carbocycles. The highest BCUT2D eigenvalue weighted by Gasteiger charge is 2.25. The number of aromatic nitrogens is 1. The highest BCUT2D eigenvalue weighted by atomic mass is 35.5. The van der Waals surface area contributed by atoms with Gasteiger partial charge in [-0.1, -0.05) is 35.9 Å². The van der Waals surface area contributed by atoms with Crippen LogP contribution < -0.4 is 14.9 Å². The lowest BCUT2D eigenvalue weighted by Gasteiger charge is -2.20. The standard InChI is InChI=1S/C18H15ClN2O6S/c19-13-6-5-10(17(22)23)8-16(13)28(26,27)21-15(18(24)25)7-11-9-20-14-4-2-1-3-12(11)14/h1-6,8-9,15,20-21H,7H2,(H,22,23)(H,24,25)/p-2/t15-/m1/s1. The Bertz CT molecular complexity index is 1170. The van der Waals surface area contributed by atoms with Crippen LogP contribution in [0.1, 0.15) is 15.9 Å². The lowest BCUT2D eigenvalue weighted by atomic mass is 10.1. The Morgan fingerprint density at radius 3 is 2.54 bits per heavy atom. The Morgan fingerprint density at radius 2 is 1.86 bits per heavy atom. The molecule has 2 N–H and O–H groups in total. The molecule has 0 fully saturated rings. The van der Waals surface area contributed by atoms with E-state index in [1.165, 1.54) is 0 Å². The van der Waals surface area contributed by atoms with Crippen LogP contribution in [0.4, 0.5) is 0 Å². The molecule has 3 rings (SSSR count). The van der Waals surface area contributed by atoms with E-state index < -0.39 is 38.5 Å². The zero-order chi connectivity index (χ0) is 20.5. The summed E-state index contributed by atoms with van der Waals surface area (Å²) in [5, 5.41) is 23.0. The van der Waals surface area contributed by atoms with Crippen LogP contribution in [-0.4, -0.2) is 31.4 Å². The Kier molecular flexibility index (Phi) is 5.41. The summed E-state index contributed by atoms with van der Waals surface area (Å²) in [5.74, 6) is -3.23. The lowest BCUT2D eigenvalue weighted by molar-refractivity contribution is -0.308. The number of hydrogen-bond acceptors (Lipinski definition) is 6. The van der Waals surface area contributed by atoms with Crippen molar-refractivity contribution < 1.29 is 28.2 Å². The van der Waals surface area contributed by atoms with Crippen molar-refractivity contribution in [3.05, 3.63) is 64.8 Å². The van der Waals surface area contributed by atoms with Crippen molar-refractivity contribution in [3.8, 4) is 0 Å². The van der Waals surface area contributed by atoms with Crippen LogP contribution in [0.15, 0.2) is 53.6 Å². The van der Waals surface area contributed by atoms with Gasteiger partial charge in [-0.05, 0) is 35.7 Å². The summed E-state index contributed by atoms with van der Waals surface area (Å²) in [7, 11) is -4.45. The Labute approximate surface area is 164 Å². The maximum absolute atomic E-state index is 12.6. The monoisotopic (exact) mass is 420 g/mol. The topological polar surface area (TPSA) is 142 Å². The molecule has 0 aliphatic rings. The molecule has 1 atom stereocenters. The van der Waals surface area contributed by atoms with Crippen molar-refractivity contribution in [2.45, 2.75) is 17.4 Å². The smallest absolute Gasteiger partial charge is 0.242 e. The van der Waals surface area contributed by atoms with Crippen LogP contribution >= 0.6 is 11.6 Å². The number of carboxylic acids is 2. The number of halogens is 1. The molecule has 10 heteroatoms. The zero-order valence-corrected chi connectivity index (χ0v) is 15.7. The first kappa shape index (κ1) is 19.9. The van der Waals surface area contributed by atoms with Gasteiger partial charge in [0.15, 0.2) is 0 Å². The minimum absolute atomic E-state index is 0.191. The van der Waals surface area contributed by atoms with E-state index in [1.54, 1.807) is 30.5 Å². The van der Waals surface area contributed by atoms with E-state index in [4.69, 9.17) is 11.6 Å². The van der Waals surface area contributed by atoms with Crippen LogP contribution in [-0.2, 0) is 21.2 Å². The van der Waals surface area contributed by atoms with Crippen molar-refractivity contribution in [2.24, 2.45) is 0 Å². The molecule has 0 unspecified atom stereocenters. The number of carboxylic acid groups (broad SMARTS) is 2. The lowest BCUT2D eigenvalue weighted by Crippen LogP contribution is -2.49. The SMILES string of the molecule is O=C([O-])c1ccc(Cl)c(S(=O)(=O)N[C@H](Cc2c[nH]c3ccccc23)C(=O)[O-])c1. The van der Waals surface area contributed by atoms with Crippen LogP contribution in [0.2, 0.25) is 5.02 Å². The van der Waals surface area contributed by atoms with E-state index >= 15 is 0 Å². The minimum Gasteiger partial charge on any atom is -0.548 e. The fourth-order valence-electron chi connectivity index (χ4n) is 2.78. The summed E-state index contributed by atoms with van der Waals surface area (Å²) in [4.78, 5) is 24.9. The number of carbonyl (C=O) groups excluding carboxylic acids is 2. The summed E-state index contributed by atoms with van der Waals surface area (Å²) in [5.41, 5.74) is 0.927. The number of rotatable bonds is 7. The highest BCUT2D eigenvalue weighted by molar-refractivity contribution is 7.89. The van der Waals surface area contributed by atoms with Gasteiger partial charge in [0, 0.05) is 17.1 Å². The molecule has 0 saturated heterocycles. The molecule has 2 aromatic carbocycles. The molecule has 0 radical (unpaired) electrons. The van der Waals surface area contributed by atoms with Gasteiger partial charge in [-0.3, -0.25) is 0 Å². The molecule has 0 bridgehead atoms. The summed E-state index contributed by atoms with van der Waals surface area (Å²) in [6.45, 7) is 0. The van der Waals surface area contributed by atoms with Crippen molar-refractivity contribution in [2.75, 3.05) is 0 Å². The van der Waals surface area contributed by atoms with Gasteiger partial charge in [0.05, 0.1) is 23.0 Å². The number of carbonyl (C=O) groups is 2. The van der Waals surface area contributed by atoms with Gasteiger partial charge in [0.25, 0.3) is 0 Å². The molecule has 3 aromatic rings. The molecule has 1 aromatic heterocycles. The van der Waals surface area contributed by atoms with Crippen LogP contribution in [0, 0.1) is 0 Å². The number of hydrogen-bond donors (Lipinski definition) is 2. The average Bonchev–Trinajstić information content (AvgIpc) is 3.04. The first-order chi connectivity index (χ1) is 13.2. The molecular weight excluding hydrogens is 408 g/mol. The number of aliphatic carboxylic acids is 1. The van der Waals surface area contributed by atoms with E-state index in [-0.39, 0.29) is 11.4 Å². The fraction of sp³-hybridized carbons (Fsp3) is 0.111. The fourth-order valence-corrected chi connectivity index (χ4v) is 4.49. The van der Waals surface area contributed by atoms with E-state index in [0.717, 1.165) is 29.1 Å². The van der Waals surface area contributed by atoms with Gasteiger partial charge in [0.1, 0.15) is 4.90 Å². The maximum Gasteiger partial charge on any atom is 0.242 e. The normalized spacial score (nSPS) is 12.8. The largest absolute Gasteiger partial charge is 0.548 e. The minimum atomic E-state index is -4.45. The number of benzene rings is 2. The van der Waals surface area contributed by atoms with Gasteiger partial charge in [0.2, 0.25) is 10.0 Å². The molecule has 0 aliphatic heterocycles. The Balaban J connectivity index is 1.93. The third kappa shape index (κ3) is 4.01. The van der Waals surface area contributed by atoms with Gasteiger partial charge >= 0.3 is 0 Å². The Morgan fingerprint density at radius 1 is 1.14 bits per heavy atom. The number of nitrogens with one attached hydrogen (secondary N) is 2. The van der Waals surface area contributed by atoms with Crippen molar-refractivity contribution in [1.82, 2.24) is 9.71 Å². The number of fused-ring (bicyclic) bond motifs is 1. The average molecular weight is 421 g/mol. The van der Waals surface area contributed by atoms with Gasteiger partial charge in [-0.2, -0.15) is 0 Å². The molecule has 8 nitrogen and oxygen atoms in total. The molecular formula is C18H13ClN2O6S-2. The molecule has 0 saturated carbocycles. The number of H-pyrrole nitrogens is 1. The third-order valence-corrected chi connectivity index (χ3v) is 6.09. The van der Waals surface area contributed by atoms with E-state index in [1.807, 2.05) is 4.72 Å². The van der Waals surface area contributed by atoms with Gasteiger partial charge < -0.3 is 24.8 Å².